The van der Waals surface area contributed by atoms with E-state index in [1.165, 1.54) is 29.2 Å². The Morgan fingerprint density at radius 3 is 2.44 bits per heavy atom. The molecule has 3 aromatic rings. The average molecular weight is 439 g/mol. The van der Waals surface area contributed by atoms with Crippen molar-refractivity contribution in [2.75, 3.05) is 11.9 Å². The largest absolute Gasteiger partial charge is 0.416 e. The number of urea groups is 1. The first-order valence-corrected chi connectivity index (χ1v) is 9.80. The standard InChI is InChI=1S/C24H17F4N3O/c25-20-13-15(14-29)5-10-21(20)30-23(32)31-12-11-16-3-1-2-4-19(16)22(31)17-6-8-18(9-7-17)24(26,27)28/h1-10,13,22H,11-12H2,(H,30,32)/t22-/m1/s1. The highest BCUT2D eigenvalue weighted by atomic mass is 19.4. The van der Waals surface area contributed by atoms with Crippen LogP contribution in [0, 0.1) is 17.1 Å². The van der Waals surface area contributed by atoms with Gasteiger partial charge in [0.2, 0.25) is 0 Å². The molecular formula is C24H17F4N3O. The van der Waals surface area contributed by atoms with Crippen LogP contribution in [0.15, 0.2) is 66.7 Å². The molecule has 1 aliphatic rings. The van der Waals surface area contributed by atoms with E-state index in [1.807, 2.05) is 24.3 Å². The molecule has 0 fully saturated rings. The number of rotatable bonds is 2. The maximum atomic E-state index is 14.3. The highest BCUT2D eigenvalue weighted by molar-refractivity contribution is 5.90. The van der Waals surface area contributed by atoms with Gasteiger partial charge < -0.3 is 10.2 Å². The molecule has 1 aliphatic heterocycles. The summed E-state index contributed by atoms with van der Waals surface area (Å²) in [6.07, 6.45) is -3.91. The summed E-state index contributed by atoms with van der Waals surface area (Å²) in [6.45, 7) is 0.298. The molecular weight excluding hydrogens is 422 g/mol. The Bertz CT molecular complexity index is 1200. The lowest BCUT2D eigenvalue weighted by Gasteiger charge is -2.37. The predicted molar refractivity (Wildman–Crippen MR) is 110 cm³/mol. The highest BCUT2D eigenvalue weighted by Gasteiger charge is 2.34. The van der Waals surface area contributed by atoms with Crippen LogP contribution in [0.5, 0.6) is 0 Å². The fraction of sp³-hybridized carbons (Fsp3) is 0.167. The SMILES string of the molecule is N#Cc1ccc(NC(=O)N2CCc3ccccc3[C@H]2c2ccc(C(F)(F)F)cc2)c(F)c1. The molecule has 0 spiro atoms. The molecule has 0 radical (unpaired) electrons. The van der Waals surface area contributed by atoms with E-state index in [4.69, 9.17) is 5.26 Å². The first kappa shape index (κ1) is 21.4. The van der Waals surface area contributed by atoms with Gasteiger partial charge in [0.15, 0.2) is 0 Å². The van der Waals surface area contributed by atoms with Gasteiger partial charge in [-0.25, -0.2) is 9.18 Å². The van der Waals surface area contributed by atoms with E-state index < -0.39 is 29.6 Å². The van der Waals surface area contributed by atoms with Crippen LogP contribution in [0.2, 0.25) is 0 Å². The third-order valence-electron chi connectivity index (χ3n) is 5.44. The van der Waals surface area contributed by atoms with Gasteiger partial charge in [-0.1, -0.05) is 36.4 Å². The van der Waals surface area contributed by atoms with E-state index in [1.54, 1.807) is 6.07 Å². The lowest BCUT2D eigenvalue weighted by molar-refractivity contribution is -0.137. The van der Waals surface area contributed by atoms with Crippen molar-refractivity contribution in [3.8, 4) is 6.07 Å². The van der Waals surface area contributed by atoms with Crippen molar-refractivity contribution >= 4 is 11.7 Å². The van der Waals surface area contributed by atoms with Gasteiger partial charge in [-0.15, -0.1) is 0 Å². The van der Waals surface area contributed by atoms with Gasteiger partial charge in [0.25, 0.3) is 0 Å². The quantitative estimate of drug-likeness (QED) is 0.506. The maximum Gasteiger partial charge on any atom is 0.416 e. The molecule has 3 aromatic carbocycles. The second-order valence-corrected chi connectivity index (χ2v) is 7.40. The number of benzene rings is 3. The van der Waals surface area contributed by atoms with Gasteiger partial charge in [-0.05, 0) is 53.4 Å². The molecule has 4 rings (SSSR count). The van der Waals surface area contributed by atoms with Crippen LogP contribution in [0.4, 0.5) is 28.0 Å². The minimum Gasteiger partial charge on any atom is -0.313 e. The zero-order valence-electron chi connectivity index (χ0n) is 16.7. The van der Waals surface area contributed by atoms with Gasteiger partial charge in [0, 0.05) is 6.54 Å². The molecule has 162 valence electrons. The summed E-state index contributed by atoms with van der Waals surface area (Å²) in [6, 6.07) is 16.4. The Morgan fingerprint density at radius 2 is 1.78 bits per heavy atom. The molecule has 2 amide bonds. The molecule has 4 nitrogen and oxygen atoms in total. The van der Waals surface area contributed by atoms with Gasteiger partial charge in [-0.2, -0.15) is 18.4 Å². The number of carbonyl (C=O) groups is 1. The van der Waals surface area contributed by atoms with Crippen molar-refractivity contribution in [1.29, 1.82) is 5.26 Å². The molecule has 0 aromatic heterocycles. The summed E-state index contributed by atoms with van der Waals surface area (Å²) in [5.74, 6) is -0.749. The Hall–Kier alpha value is -3.86. The maximum absolute atomic E-state index is 14.3. The number of nitrogens with zero attached hydrogens (tertiary/aromatic N) is 2. The minimum atomic E-state index is -4.47. The Kier molecular flexibility index (Phi) is 5.57. The third kappa shape index (κ3) is 4.14. The lowest BCUT2D eigenvalue weighted by atomic mass is 9.88. The molecule has 8 heteroatoms. The van der Waals surface area contributed by atoms with Crippen molar-refractivity contribution in [2.45, 2.75) is 18.6 Å². The second-order valence-electron chi connectivity index (χ2n) is 7.40. The van der Waals surface area contributed by atoms with E-state index in [0.717, 1.165) is 29.3 Å². The number of carbonyl (C=O) groups excluding carboxylic acids is 1. The number of hydrogen-bond acceptors (Lipinski definition) is 2. The van der Waals surface area contributed by atoms with Crippen LogP contribution in [-0.2, 0) is 12.6 Å². The number of hydrogen-bond donors (Lipinski definition) is 1. The number of anilines is 1. The molecule has 1 atom stereocenters. The second kappa shape index (κ2) is 8.35. The summed E-state index contributed by atoms with van der Waals surface area (Å²) >= 11 is 0. The van der Waals surface area contributed by atoms with Crippen LogP contribution in [-0.4, -0.2) is 17.5 Å². The molecule has 0 saturated heterocycles. The third-order valence-corrected chi connectivity index (χ3v) is 5.44. The van der Waals surface area contributed by atoms with E-state index in [-0.39, 0.29) is 11.3 Å². The van der Waals surface area contributed by atoms with Crippen LogP contribution in [0.25, 0.3) is 0 Å². The lowest BCUT2D eigenvalue weighted by Crippen LogP contribution is -2.43. The van der Waals surface area contributed by atoms with Crippen molar-refractivity contribution < 1.29 is 22.4 Å². The average Bonchev–Trinajstić information content (AvgIpc) is 2.79. The number of nitriles is 1. The van der Waals surface area contributed by atoms with E-state index in [9.17, 15) is 22.4 Å². The van der Waals surface area contributed by atoms with E-state index in [0.29, 0.717) is 18.5 Å². The molecule has 0 unspecified atom stereocenters. The zero-order chi connectivity index (χ0) is 22.9. The number of halogens is 4. The number of alkyl halides is 3. The van der Waals surface area contributed by atoms with Gasteiger partial charge >= 0.3 is 12.2 Å². The van der Waals surface area contributed by atoms with Crippen LogP contribution in [0.3, 0.4) is 0 Å². The van der Waals surface area contributed by atoms with Gasteiger partial charge in [0.05, 0.1) is 28.9 Å². The smallest absolute Gasteiger partial charge is 0.313 e. The summed E-state index contributed by atoms with van der Waals surface area (Å²) < 4.78 is 53.3. The number of fused-ring (bicyclic) bond motifs is 1. The van der Waals surface area contributed by atoms with Crippen LogP contribution in [0.1, 0.15) is 33.9 Å². The van der Waals surface area contributed by atoms with Gasteiger partial charge in [0.1, 0.15) is 5.82 Å². The van der Waals surface area contributed by atoms with Crippen LogP contribution < -0.4 is 5.32 Å². The molecule has 32 heavy (non-hydrogen) atoms. The van der Waals surface area contributed by atoms with E-state index >= 15 is 0 Å². The number of nitrogens with one attached hydrogen (secondary N) is 1. The summed E-state index contributed by atoms with van der Waals surface area (Å²) in [5, 5.41) is 11.4. The van der Waals surface area contributed by atoms with E-state index in [2.05, 4.69) is 5.32 Å². The molecule has 1 heterocycles. The Balaban J connectivity index is 1.69. The molecule has 0 aliphatic carbocycles. The Morgan fingerprint density at radius 1 is 1.06 bits per heavy atom. The molecule has 0 saturated carbocycles. The van der Waals surface area contributed by atoms with Crippen molar-refractivity contribution in [3.05, 3.63) is 100 Å². The van der Waals surface area contributed by atoms with Crippen molar-refractivity contribution in [3.63, 3.8) is 0 Å². The predicted octanol–water partition coefficient (Wildman–Crippen LogP) is 5.90. The fourth-order valence-corrected chi connectivity index (χ4v) is 3.87. The normalized spacial score (nSPS) is 15.6. The number of amides is 2. The molecule has 0 bridgehead atoms. The summed E-state index contributed by atoms with van der Waals surface area (Å²) in [5.41, 5.74) is 1.57. The summed E-state index contributed by atoms with van der Waals surface area (Å²) in [7, 11) is 0. The van der Waals surface area contributed by atoms with Crippen molar-refractivity contribution in [2.24, 2.45) is 0 Å². The fourth-order valence-electron chi connectivity index (χ4n) is 3.87. The zero-order valence-corrected chi connectivity index (χ0v) is 16.7. The summed E-state index contributed by atoms with van der Waals surface area (Å²) in [4.78, 5) is 14.6. The first-order valence-electron chi connectivity index (χ1n) is 9.80. The Labute approximate surface area is 181 Å². The highest BCUT2D eigenvalue weighted by Crippen LogP contribution is 2.37. The monoisotopic (exact) mass is 439 g/mol. The first-order chi connectivity index (χ1) is 15.3. The van der Waals surface area contributed by atoms with Crippen molar-refractivity contribution in [1.82, 2.24) is 4.90 Å². The van der Waals surface area contributed by atoms with Crippen LogP contribution >= 0.6 is 0 Å². The molecule has 1 N–H and O–H groups in total. The van der Waals surface area contributed by atoms with Gasteiger partial charge in [-0.3, -0.25) is 0 Å². The minimum absolute atomic E-state index is 0.0842. The topological polar surface area (TPSA) is 56.1 Å².